The second-order valence-electron chi connectivity index (χ2n) is 12.6. The van der Waals surface area contributed by atoms with Crippen LogP contribution in [0.2, 0.25) is 0 Å². The maximum Gasteiger partial charge on any atom is 0.407 e. The predicted molar refractivity (Wildman–Crippen MR) is 166 cm³/mol. The Kier molecular flexibility index (Phi) is 8.72. The number of Topliss-reactive ketones (excluding diaryl/α,β-unsaturated/α-hetero) is 1. The lowest BCUT2D eigenvalue weighted by atomic mass is 9.73. The number of carbonyl (C=O) groups is 2. The number of nitrogens with two attached hydrogens (primary N) is 1. The second kappa shape index (κ2) is 12.6. The maximum atomic E-state index is 14.6. The lowest BCUT2D eigenvalue weighted by Crippen LogP contribution is -2.53. The van der Waals surface area contributed by atoms with Gasteiger partial charge in [-0.15, -0.1) is 0 Å². The number of rotatable bonds is 7. The number of nitrogens with zero attached hydrogens (tertiary/aromatic N) is 1. The zero-order valence-corrected chi connectivity index (χ0v) is 25.3. The molecule has 0 aromatic heterocycles. The fourth-order valence-electron chi connectivity index (χ4n) is 7.67. The van der Waals surface area contributed by atoms with Crippen molar-refractivity contribution < 1.29 is 31.5 Å². The largest absolute Gasteiger partial charge is 0.407 e. The van der Waals surface area contributed by atoms with Gasteiger partial charge in [0, 0.05) is 11.5 Å². The van der Waals surface area contributed by atoms with Gasteiger partial charge in [0.1, 0.15) is 23.6 Å². The van der Waals surface area contributed by atoms with Gasteiger partial charge in [-0.2, -0.15) is 13.2 Å². The van der Waals surface area contributed by atoms with Gasteiger partial charge in [-0.25, -0.2) is 14.6 Å². The molecule has 3 aromatic carbocycles. The summed E-state index contributed by atoms with van der Waals surface area (Å²) in [5, 5.41) is 0.0987. The van der Waals surface area contributed by atoms with Gasteiger partial charge in [0.05, 0.1) is 0 Å². The van der Waals surface area contributed by atoms with Gasteiger partial charge < -0.3 is 0 Å². The molecule has 0 heterocycles. The van der Waals surface area contributed by atoms with E-state index in [1.807, 2.05) is 30.3 Å². The van der Waals surface area contributed by atoms with Gasteiger partial charge in [0.15, 0.2) is 5.78 Å². The summed E-state index contributed by atoms with van der Waals surface area (Å²) in [5.41, 5.74) is 2.45. The summed E-state index contributed by atoms with van der Waals surface area (Å²) < 4.78 is 69.3. The Morgan fingerprint density at radius 3 is 2.24 bits per heavy atom. The van der Waals surface area contributed by atoms with Crippen molar-refractivity contribution in [1.82, 2.24) is 5.01 Å². The van der Waals surface area contributed by atoms with Crippen LogP contribution >= 0.6 is 0 Å². The van der Waals surface area contributed by atoms with E-state index in [0.717, 1.165) is 61.8 Å². The van der Waals surface area contributed by atoms with Gasteiger partial charge >= 0.3 is 6.18 Å². The van der Waals surface area contributed by atoms with Crippen LogP contribution < -0.4 is 5.84 Å². The third kappa shape index (κ3) is 6.05. The highest BCUT2D eigenvalue weighted by Crippen LogP contribution is 2.52. The molecule has 2 atom stereocenters. The van der Waals surface area contributed by atoms with Crippen molar-refractivity contribution >= 4 is 11.7 Å². The molecule has 6 rings (SSSR count). The Bertz CT molecular complexity index is 1680. The average Bonchev–Trinajstić information content (AvgIpc) is 3.12. The van der Waals surface area contributed by atoms with Crippen molar-refractivity contribution in [2.24, 2.45) is 17.7 Å². The number of amides is 1. The van der Waals surface area contributed by atoms with Crippen molar-refractivity contribution in [3.63, 3.8) is 0 Å². The topological polar surface area (TPSA) is 63.4 Å². The monoisotopic (exact) mass is 634 g/mol. The molecule has 0 saturated carbocycles. The van der Waals surface area contributed by atoms with Crippen molar-refractivity contribution in [2.75, 3.05) is 6.54 Å². The van der Waals surface area contributed by atoms with Crippen molar-refractivity contribution in [3.05, 3.63) is 118 Å². The molecule has 0 spiro atoms. The first-order chi connectivity index (χ1) is 22.0. The SMILES string of the molecule is NN(CC(F)(F)F)C(=O)C1(C/C=C/CC2=CCCC(C3CCc4ccccc4C3=O)CC2)c2cc(F)ccc2-c2ccc(F)cc21. The predicted octanol–water partition coefficient (Wildman–Crippen LogP) is 8.39. The molecule has 0 radical (unpaired) electrons. The number of allylic oxidation sites excluding steroid dienone is 4. The first-order valence-corrected chi connectivity index (χ1v) is 15.7. The Hall–Kier alpha value is -4.11. The number of aryl methyl sites for hydroxylation is 1. The Morgan fingerprint density at radius 1 is 0.891 bits per heavy atom. The summed E-state index contributed by atoms with van der Waals surface area (Å²) in [6.45, 7) is -1.71. The van der Waals surface area contributed by atoms with Gasteiger partial charge in [-0.05, 0) is 109 Å². The van der Waals surface area contributed by atoms with Crippen LogP contribution in [0.4, 0.5) is 22.0 Å². The van der Waals surface area contributed by atoms with Gasteiger partial charge in [0.25, 0.3) is 5.91 Å². The zero-order chi connectivity index (χ0) is 32.6. The number of hydrazine groups is 1. The lowest BCUT2D eigenvalue weighted by molar-refractivity contribution is -0.164. The van der Waals surface area contributed by atoms with Crippen LogP contribution in [0.25, 0.3) is 11.1 Å². The van der Waals surface area contributed by atoms with Crippen LogP contribution in [-0.4, -0.2) is 29.4 Å². The van der Waals surface area contributed by atoms with E-state index >= 15 is 0 Å². The minimum atomic E-state index is -4.77. The highest BCUT2D eigenvalue weighted by Gasteiger charge is 2.51. The van der Waals surface area contributed by atoms with E-state index in [4.69, 9.17) is 5.84 Å². The molecule has 3 aliphatic rings. The summed E-state index contributed by atoms with van der Waals surface area (Å²) in [7, 11) is 0. The number of hydrogen-bond donors (Lipinski definition) is 1. The fourth-order valence-corrected chi connectivity index (χ4v) is 7.67. The second-order valence-corrected chi connectivity index (χ2v) is 12.6. The maximum absolute atomic E-state index is 14.6. The van der Waals surface area contributed by atoms with Crippen LogP contribution in [0.15, 0.2) is 84.5 Å². The minimum Gasteiger partial charge on any atom is -0.294 e. The van der Waals surface area contributed by atoms with Crippen LogP contribution in [0.5, 0.6) is 0 Å². The van der Waals surface area contributed by atoms with Crippen LogP contribution in [0.3, 0.4) is 0 Å². The normalized spacial score (nSPS) is 20.5. The molecule has 0 aliphatic heterocycles. The lowest BCUT2D eigenvalue weighted by Gasteiger charge is -2.34. The summed E-state index contributed by atoms with van der Waals surface area (Å²) in [6.07, 6.45) is 6.53. The summed E-state index contributed by atoms with van der Waals surface area (Å²) >= 11 is 0. The van der Waals surface area contributed by atoms with Gasteiger partial charge in [0.2, 0.25) is 0 Å². The molecule has 0 saturated heterocycles. The first kappa shape index (κ1) is 31.9. The van der Waals surface area contributed by atoms with E-state index in [1.54, 1.807) is 6.08 Å². The molecule has 1 amide bonds. The average molecular weight is 635 g/mol. The highest BCUT2D eigenvalue weighted by atomic mass is 19.4. The molecule has 4 nitrogen and oxygen atoms in total. The Balaban J connectivity index is 1.22. The van der Waals surface area contributed by atoms with Crippen molar-refractivity contribution in [3.8, 4) is 11.1 Å². The van der Waals surface area contributed by atoms with Crippen LogP contribution in [-0.2, 0) is 16.6 Å². The standard InChI is InChI=1S/C37H35F5N2O2/c38-26-14-17-30-31-18-15-27(39)21-33(31)36(32(30)20-26,35(46)44(43)22-37(40,41)42)19-4-3-6-23-7-5-9-25(12-11-23)29-16-13-24-8-1-2-10-28(24)34(29)45/h1-4,7-8,10,14-15,17-18,20-21,25,29H,5-6,9,11-13,16,19,22,43H2/b4-3+. The van der Waals surface area contributed by atoms with Crippen LogP contribution in [0, 0.1) is 23.5 Å². The molecule has 0 bridgehead atoms. The van der Waals surface area contributed by atoms with Crippen molar-refractivity contribution in [1.29, 1.82) is 0 Å². The molecule has 3 aromatic rings. The molecular weight excluding hydrogens is 599 g/mol. The smallest absolute Gasteiger partial charge is 0.294 e. The highest BCUT2D eigenvalue weighted by molar-refractivity contribution is 6.01. The molecule has 2 N–H and O–H groups in total. The van der Waals surface area contributed by atoms with E-state index in [-0.39, 0.29) is 40.2 Å². The summed E-state index contributed by atoms with van der Waals surface area (Å²) in [6, 6.07) is 15.4. The molecule has 2 unspecified atom stereocenters. The molecule has 9 heteroatoms. The Morgan fingerprint density at radius 2 is 1.57 bits per heavy atom. The molecule has 46 heavy (non-hydrogen) atoms. The quantitative estimate of drug-likeness (QED) is 0.0934. The minimum absolute atomic E-state index is 0.00302. The van der Waals surface area contributed by atoms with E-state index < -0.39 is 35.7 Å². The van der Waals surface area contributed by atoms with E-state index in [0.29, 0.717) is 17.5 Å². The Labute approximate surface area is 264 Å². The summed E-state index contributed by atoms with van der Waals surface area (Å²) in [5.74, 6) is 3.79. The molecular formula is C37H35F5N2O2. The first-order valence-electron chi connectivity index (χ1n) is 15.7. The van der Waals surface area contributed by atoms with Crippen LogP contribution in [0.1, 0.15) is 72.0 Å². The molecule has 240 valence electrons. The van der Waals surface area contributed by atoms with Gasteiger partial charge in [-0.3, -0.25) is 14.6 Å². The van der Waals surface area contributed by atoms with Crippen molar-refractivity contribution in [2.45, 2.75) is 63.0 Å². The van der Waals surface area contributed by atoms with Gasteiger partial charge in [-0.1, -0.05) is 60.2 Å². The third-order valence-electron chi connectivity index (χ3n) is 9.84. The van der Waals surface area contributed by atoms with E-state index in [2.05, 4.69) is 6.08 Å². The number of ketones is 1. The van der Waals surface area contributed by atoms with E-state index in [9.17, 15) is 31.5 Å². The zero-order valence-electron chi connectivity index (χ0n) is 25.3. The fraction of sp³-hybridized carbons (Fsp3) is 0.351. The number of carbonyl (C=O) groups excluding carboxylic acids is 2. The molecule has 0 fully saturated rings. The number of alkyl halides is 3. The number of fused-ring (bicyclic) bond motifs is 4. The number of benzene rings is 3. The number of hydrogen-bond acceptors (Lipinski definition) is 3. The van der Waals surface area contributed by atoms with E-state index in [1.165, 1.54) is 29.8 Å². The molecule has 3 aliphatic carbocycles. The number of halogens is 5. The third-order valence-corrected chi connectivity index (χ3v) is 9.84. The summed E-state index contributed by atoms with van der Waals surface area (Å²) in [4.78, 5) is 27.2.